The van der Waals surface area contributed by atoms with Gasteiger partial charge in [-0.15, -0.1) is 0 Å². The molecule has 0 aliphatic carbocycles. The Kier molecular flexibility index (Phi) is 3.96. The van der Waals surface area contributed by atoms with Crippen molar-refractivity contribution in [2.24, 2.45) is 5.92 Å². The molecule has 2 heterocycles. The van der Waals surface area contributed by atoms with Crippen molar-refractivity contribution < 1.29 is 0 Å². The summed E-state index contributed by atoms with van der Waals surface area (Å²) in [6.07, 6.45) is 5.56. The second-order valence-corrected chi connectivity index (χ2v) is 5.83. The predicted octanol–water partition coefficient (Wildman–Crippen LogP) is 2.65. The average Bonchev–Trinajstić information content (AvgIpc) is 2.94. The van der Waals surface area contributed by atoms with Gasteiger partial charge in [0, 0.05) is 19.1 Å². The molecule has 0 radical (unpaired) electrons. The maximum absolute atomic E-state index is 3.68. The van der Waals surface area contributed by atoms with Crippen LogP contribution < -0.4 is 5.32 Å². The molecular weight excluding hydrogens is 220 g/mol. The Morgan fingerprint density at radius 3 is 2.78 bits per heavy atom. The number of piperidine rings is 1. The van der Waals surface area contributed by atoms with Crippen LogP contribution in [0.2, 0.25) is 0 Å². The van der Waals surface area contributed by atoms with Crippen LogP contribution >= 0.6 is 0 Å². The molecule has 2 heteroatoms. The van der Waals surface area contributed by atoms with Gasteiger partial charge < -0.3 is 5.32 Å². The van der Waals surface area contributed by atoms with Crippen molar-refractivity contribution in [2.45, 2.75) is 38.3 Å². The second kappa shape index (κ2) is 5.85. The number of hydrogen-bond donors (Lipinski definition) is 1. The molecule has 0 bridgehead atoms. The molecule has 3 rings (SSSR count). The van der Waals surface area contributed by atoms with Gasteiger partial charge in [-0.1, -0.05) is 30.3 Å². The molecule has 1 aromatic carbocycles. The summed E-state index contributed by atoms with van der Waals surface area (Å²) >= 11 is 0. The first kappa shape index (κ1) is 12.2. The minimum atomic E-state index is 0.795. The Morgan fingerprint density at radius 2 is 2.00 bits per heavy atom. The van der Waals surface area contributed by atoms with E-state index in [1.54, 1.807) is 0 Å². The molecule has 0 spiro atoms. The zero-order chi connectivity index (χ0) is 12.2. The van der Waals surface area contributed by atoms with Crippen molar-refractivity contribution >= 4 is 0 Å². The third kappa shape index (κ3) is 2.93. The minimum Gasteiger partial charge on any atom is -0.314 e. The molecule has 18 heavy (non-hydrogen) atoms. The standard InChI is InChI=1S/C16H24N2/c1-2-6-14(7-3-1)12-18-11-5-8-15(13-18)16-9-4-10-17-16/h1-3,6-7,15-17H,4-5,8-13H2/t15-,16-/m1/s1. The van der Waals surface area contributed by atoms with Gasteiger partial charge in [0.2, 0.25) is 0 Å². The van der Waals surface area contributed by atoms with Crippen molar-refractivity contribution in [3.8, 4) is 0 Å². The number of benzene rings is 1. The highest BCUT2D eigenvalue weighted by Crippen LogP contribution is 2.25. The molecule has 2 atom stereocenters. The Bertz CT molecular complexity index is 357. The van der Waals surface area contributed by atoms with Gasteiger partial charge in [0.1, 0.15) is 0 Å². The lowest BCUT2D eigenvalue weighted by atomic mass is 9.89. The highest BCUT2D eigenvalue weighted by molar-refractivity contribution is 5.14. The van der Waals surface area contributed by atoms with Crippen molar-refractivity contribution in [3.63, 3.8) is 0 Å². The van der Waals surface area contributed by atoms with Gasteiger partial charge in [-0.3, -0.25) is 4.90 Å². The van der Waals surface area contributed by atoms with E-state index in [2.05, 4.69) is 40.5 Å². The summed E-state index contributed by atoms with van der Waals surface area (Å²) < 4.78 is 0. The monoisotopic (exact) mass is 244 g/mol. The summed E-state index contributed by atoms with van der Waals surface area (Å²) in [4.78, 5) is 2.64. The van der Waals surface area contributed by atoms with Gasteiger partial charge in [-0.2, -0.15) is 0 Å². The van der Waals surface area contributed by atoms with E-state index in [9.17, 15) is 0 Å². The molecule has 2 aliphatic rings. The number of rotatable bonds is 3. The summed E-state index contributed by atoms with van der Waals surface area (Å²) in [7, 11) is 0. The van der Waals surface area contributed by atoms with Crippen molar-refractivity contribution in [1.82, 2.24) is 10.2 Å². The van der Waals surface area contributed by atoms with Gasteiger partial charge in [0.15, 0.2) is 0 Å². The van der Waals surface area contributed by atoms with E-state index in [-0.39, 0.29) is 0 Å². The van der Waals surface area contributed by atoms with Crippen LogP contribution in [0.4, 0.5) is 0 Å². The van der Waals surface area contributed by atoms with E-state index in [1.807, 2.05) is 0 Å². The van der Waals surface area contributed by atoms with E-state index in [0.717, 1.165) is 18.5 Å². The first-order valence-corrected chi connectivity index (χ1v) is 7.41. The third-order valence-electron chi connectivity index (χ3n) is 4.46. The Hall–Kier alpha value is -0.860. The Morgan fingerprint density at radius 1 is 1.11 bits per heavy atom. The van der Waals surface area contributed by atoms with Gasteiger partial charge in [-0.05, 0) is 50.3 Å². The lowest BCUT2D eigenvalue weighted by molar-refractivity contribution is 0.145. The van der Waals surface area contributed by atoms with E-state index in [1.165, 1.54) is 50.9 Å². The molecule has 0 unspecified atom stereocenters. The fraction of sp³-hybridized carbons (Fsp3) is 0.625. The quantitative estimate of drug-likeness (QED) is 0.879. The normalized spacial score (nSPS) is 29.6. The number of nitrogens with one attached hydrogen (secondary N) is 1. The van der Waals surface area contributed by atoms with Gasteiger partial charge in [0.25, 0.3) is 0 Å². The summed E-state index contributed by atoms with van der Waals surface area (Å²) in [6.45, 7) is 4.93. The van der Waals surface area contributed by atoms with E-state index in [0.29, 0.717) is 0 Å². The van der Waals surface area contributed by atoms with Gasteiger partial charge in [0.05, 0.1) is 0 Å². The Labute approximate surface area is 110 Å². The van der Waals surface area contributed by atoms with Crippen LogP contribution in [0.3, 0.4) is 0 Å². The number of likely N-dealkylation sites (tertiary alicyclic amines) is 1. The van der Waals surface area contributed by atoms with Crippen LogP contribution in [0.25, 0.3) is 0 Å². The molecule has 2 fully saturated rings. The predicted molar refractivity (Wildman–Crippen MR) is 75.5 cm³/mol. The molecule has 1 N–H and O–H groups in total. The topological polar surface area (TPSA) is 15.3 Å². The molecular formula is C16H24N2. The lowest BCUT2D eigenvalue weighted by Crippen LogP contribution is -2.43. The summed E-state index contributed by atoms with van der Waals surface area (Å²) in [5.41, 5.74) is 1.46. The molecule has 2 saturated heterocycles. The van der Waals surface area contributed by atoms with Crippen molar-refractivity contribution in [3.05, 3.63) is 35.9 Å². The van der Waals surface area contributed by atoms with Gasteiger partial charge >= 0.3 is 0 Å². The zero-order valence-electron chi connectivity index (χ0n) is 11.1. The van der Waals surface area contributed by atoms with E-state index < -0.39 is 0 Å². The summed E-state index contributed by atoms with van der Waals surface area (Å²) in [5.74, 6) is 0.880. The molecule has 0 amide bonds. The van der Waals surface area contributed by atoms with Crippen LogP contribution in [0, 0.1) is 5.92 Å². The highest BCUT2D eigenvalue weighted by Gasteiger charge is 2.28. The maximum Gasteiger partial charge on any atom is 0.0233 e. The van der Waals surface area contributed by atoms with Crippen LogP contribution in [-0.2, 0) is 6.54 Å². The highest BCUT2D eigenvalue weighted by atomic mass is 15.1. The zero-order valence-corrected chi connectivity index (χ0v) is 11.1. The van der Waals surface area contributed by atoms with E-state index >= 15 is 0 Å². The molecule has 2 aliphatic heterocycles. The number of hydrogen-bond acceptors (Lipinski definition) is 2. The SMILES string of the molecule is c1ccc(CN2CCC[C@@H]([C@H]3CCCN3)C2)cc1. The first-order chi connectivity index (χ1) is 8.92. The fourth-order valence-corrected chi connectivity index (χ4v) is 3.52. The minimum absolute atomic E-state index is 0.795. The largest absolute Gasteiger partial charge is 0.314 e. The molecule has 1 aromatic rings. The van der Waals surface area contributed by atoms with Crippen LogP contribution in [0.5, 0.6) is 0 Å². The van der Waals surface area contributed by atoms with E-state index in [4.69, 9.17) is 0 Å². The second-order valence-electron chi connectivity index (χ2n) is 5.83. The lowest BCUT2D eigenvalue weighted by Gasteiger charge is -2.35. The molecule has 0 aromatic heterocycles. The Balaban J connectivity index is 1.56. The van der Waals surface area contributed by atoms with Gasteiger partial charge in [-0.25, -0.2) is 0 Å². The van der Waals surface area contributed by atoms with Crippen LogP contribution in [0.15, 0.2) is 30.3 Å². The van der Waals surface area contributed by atoms with Crippen molar-refractivity contribution in [2.75, 3.05) is 19.6 Å². The average molecular weight is 244 g/mol. The third-order valence-corrected chi connectivity index (χ3v) is 4.46. The first-order valence-electron chi connectivity index (χ1n) is 7.41. The maximum atomic E-state index is 3.68. The smallest absolute Gasteiger partial charge is 0.0233 e. The molecule has 0 saturated carbocycles. The van der Waals surface area contributed by atoms with Crippen LogP contribution in [0.1, 0.15) is 31.2 Å². The number of nitrogens with zero attached hydrogens (tertiary/aromatic N) is 1. The van der Waals surface area contributed by atoms with Crippen molar-refractivity contribution in [1.29, 1.82) is 0 Å². The molecule has 2 nitrogen and oxygen atoms in total. The molecule has 98 valence electrons. The van der Waals surface area contributed by atoms with Crippen LogP contribution in [-0.4, -0.2) is 30.6 Å². The fourth-order valence-electron chi connectivity index (χ4n) is 3.52. The summed E-state index contributed by atoms with van der Waals surface area (Å²) in [6, 6.07) is 11.7. The summed E-state index contributed by atoms with van der Waals surface area (Å²) in [5, 5.41) is 3.68.